The van der Waals surface area contributed by atoms with Crippen molar-refractivity contribution in [2.24, 2.45) is 0 Å². The van der Waals surface area contributed by atoms with E-state index in [9.17, 15) is 0 Å². The lowest BCUT2D eigenvalue weighted by Crippen LogP contribution is -2.16. The molecule has 0 radical (unpaired) electrons. The Bertz CT molecular complexity index is 2100. The average Bonchev–Trinajstić information content (AvgIpc) is 3.50. The number of hydrogen-bond donors (Lipinski definition) is 3. The normalized spacial score (nSPS) is 13.2. The lowest BCUT2D eigenvalue weighted by atomic mass is 9.78. The average molecular weight is 542 g/mol. The van der Waals surface area contributed by atoms with E-state index in [1.165, 1.54) is 44.2 Å². The van der Waals surface area contributed by atoms with E-state index < -0.39 is 0 Å². The predicted octanol–water partition coefficient (Wildman–Crippen LogP) is 10.8. The van der Waals surface area contributed by atoms with Crippen molar-refractivity contribution in [1.82, 2.24) is 4.98 Å². The van der Waals surface area contributed by atoms with E-state index in [2.05, 4.69) is 151 Å². The van der Waals surface area contributed by atoms with Gasteiger partial charge in [-0.25, -0.2) is 0 Å². The number of para-hydroxylation sites is 2. The Morgan fingerprint density at radius 1 is 0.476 bits per heavy atom. The van der Waals surface area contributed by atoms with Gasteiger partial charge >= 0.3 is 0 Å². The number of nitrogens with one attached hydrogen (secondary N) is 3. The van der Waals surface area contributed by atoms with E-state index in [0.717, 1.165) is 33.8 Å². The van der Waals surface area contributed by atoms with E-state index in [1.807, 2.05) is 12.1 Å². The molecular weight excluding hydrogens is 510 g/mol. The Kier molecular flexibility index (Phi) is 5.48. The molecule has 3 nitrogen and oxygen atoms in total. The summed E-state index contributed by atoms with van der Waals surface area (Å²) in [7, 11) is 0. The van der Waals surface area contributed by atoms with Crippen LogP contribution in [-0.2, 0) is 5.41 Å². The number of aromatic amines is 1. The zero-order chi connectivity index (χ0) is 28.3. The molecule has 1 aliphatic carbocycles. The number of rotatable bonds is 5. The van der Waals surface area contributed by atoms with Crippen molar-refractivity contribution < 1.29 is 0 Å². The minimum absolute atomic E-state index is 0.115. The van der Waals surface area contributed by atoms with Gasteiger partial charge in [-0.15, -0.1) is 0 Å². The molecule has 3 heteroatoms. The van der Waals surface area contributed by atoms with Crippen molar-refractivity contribution >= 4 is 44.6 Å². The number of hydrogen-bond acceptors (Lipinski definition) is 2. The first-order valence-corrected chi connectivity index (χ1v) is 14.5. The Labute approximate surface area is 245 Å². The van der Waals surface area contributed by atoms with Crippen LogP contribution in [0.15, 0.2) is 133 Å². The smallest absolute Gasteiger partial charge is 0.0546 e. The topological polar surface area (TPSA) is 39.9 Å². The standard InChI is InChI=1S/C39H31N3/c1-39(2)35-19-10-9-16-29(35)31-17-11-18-32(37(31)39)34-23-28(41-26-14-7-4-8-15-26)22-33-30-21-20-27(24-36(30)42-38(33)34)40-25-12-5-3-6-13-25/h3-24,40-42H,1-2H3. The van der Waals surface area contributed by atoms with Crippen LogP contribution in [0.5, 0.6) is 0 Å². The van der Waals surface area contributed by atoms with Gasteiger partial charge in [0.05, 0.1) is 5.52 Å². The van der Waals surface area contributed by atoms with E-state index >= 15 is 0 Å². The molecule has 0 fully saturated rings. The molecule has 0 aliphatic heterocycles. The summed E-state index contributed by atoms with van der Waals surface area (Å²) in [6.07, 6.45) is 0. The monoisotopic (exact) mass is 541 g/mol. The maximum Gasteiger partial charge on any atom is 0.0546 e. The molecule has 0 amide bonds. The van der Waals surface area contributed by atoms with E-state index in [1.54, 1.807) is 0 Å². The molecule has 0 atom stereocenters. The van der Waals surface area contributed by atoms with Gasteiger partial charge in [0, 0.05) is 50.0 Å². The van der Waals surface area contributed by atoms with E-state index in [4.69, 9.17) is 0 Å². The molecule has 0 saturated carbocycles. The highest BCUT2D eigenvalue weighted by Gasteiger charge is 2.37. The summed E-state index contributed by atoms with van der Waals surface area (Å²) in [5, 5.41) is 9.65. The number of aromatic nitrogens is 1. The third-order valence-electron chi connectivity index (χ3n) is 8.70. The van der Waals surface area contributed by atoms with Gasteiger partial charge in [-0.1, -0.05) is 98.8 Å². The van der Waals surface area contributed by atoms with Crippen LogP contribution in [0.3, 0.4) is 0 Å². The lowest BCUT2D eigenvalue weighted by Gasteiger charge is -2.25. The second-order valence-electron chi connectivity index (χ2n) is 11.7. The van der Waals surface area contributed by atoms with Crippen molar-refractivity contribution in [3.8, 4) is 22.3 Å². The van der Waals surface area contributed by atoms with Crippen LogP contribution in [0.2, 0.25) is 0 Å². The highest BCUT2D eigenvalue weighted by atomic mass is 14.9. The molecule has 0 saturated heterocycles. The van der Waals surface area contributed by atoms with Crippen molar-refractivity contribution in [3.05, 3.63) is 145 Å². The van der Waals surface area contributed by atoms with Gasteiger partial charge in [0.2, 0.25) is 0 Å². The highest BCUT2D eigenvalue weighted by molar-refractivity contribution is 6.14. The third-order valence-corrected chi connectivity index (χ3v) is 8.70. The van der Waals surface area contributed by atoms with Gasteiger partial charge in [0.15, 0.2) is 0 Å². The first kappa shape index (κ1) is 24.5. The molecule has 0 spiro atoms. The van der Waals surface area contributed by atoms with Gasteiger partial charge in [0.25, 0.3) is 0 Å². The zero-order valence-corrected chi connectivity index (χ0v) is 23.7. The van der Waals surface area contributed by atoms with Crippen LogP contribution in [0.4, 0.5) is 22.7 Å². The molecule has 7 aromatic rings. The van der Waals surface area contributed by atoms with Crippen LogP contribution in [0.25, 0.3) is 44.1 Å². The Morgan fingerprint density at radius 2 is 1.10 bits per heavy atom. The van der Waals surface area contributed by atoms with Gasteiger partial charge in [-0.05, 0) is 76.3 Å². The predicted molar refractivity (Wildman–Crippen MR) is 178 cm³/mol. The molecule has 42 heavy (non-hydrogen) atoms. The first-order chi connectivity index (χ1) is 20.6. The number of anilines is 4. The molecule has 1 heterocycles. The maximum atomic E-state index is 3.83. The minimum atomic E-state index is -0.115. The molecule has 0 unspecified atom stereocenters. The van der Waals surface area contributed by atoms with Crippen molar-refractivity contribution in [1.29, 1.82) is 0 Å². The lowest BCUT2D eigenvalue weighted by molar-refractivity contribution is 0.662. The Hall–Kier alpha value is -5.28. The second kappa shape index (κ2) is 9.39. The van der Waals surface area contributed by atoms with Crippen LogP contribution in [-0.4, -0.2) is 4.98 Å². The number of H-pyrrole nitrogens is 1. The Balaban J connectivity index is 1.35. The summed E-state index contributed by atoms with van der Waals surface area (Å²) in [5.74, 6) is 0. The van der Waals surface area contributed by atoms with Crippen LogP contribution in [0.1, 0.15) is 25.0 Å². The van der Waals surface area contributed by atoms with Crippen molar-refractivity contribution in [2.75, 3.05) is 10.6 Å². The molecule has 6 aromatic carbocycles. The summed E-state index contributed by atoms with van der Waals surface area (Å²) in [5.41, 5.74) is 14.3. The van der Waals surface area contributed by atoms with Crippen molar-refractivity contribution in [2.45, 2.75) is 19.3 Å². The Morgan fingerprint density at radius 3 is 1.83 bits per heavy atom. The van der Waals surface area contributed by atoms with Gasteiger partial charge in [-0.3, -0.25) is 0 Å². The summed E-state index contributed by atoms with van der Waals surface area (Å²) < 4.78 is 0. The maximum absolute atomic E-state index is 3.83. The third kappa shape index (κ3) is 3.89. The molecule has 1 aliphatic rings. The zero-order valence-electron chi connectivity index (χ0n) is 23.7. The van der Waals surface area contributed by atoms with Crippen LogP contribution >= 0.6 is 0 Å². The number of fused-ring (bicyclic) bond motifs is 6. The minimum Gasteiger partial charge on any atom is -0.355 e. The second-order valence-corrected chi connectivity index (χ2v) is 11.7. The fourth-order valence-electron chi connectivity index (χ4n) is 6.82. The van der Waals surface area contributed by atoms with E-state index in [-0.39, 0.29) is 5.41 Å². The van der Waals surface area contributed by atoms with Gasteiger partial charge in [0.1, 0.15) is 0 Å². The van der Waals surface area contributed by atoms with Gasteiger partial charge < -0.3 is 15.6 Å². The van der Waals surface area contributed by atoms with Crippen LogP contribution < -0.4 is 10.6 Å². The SMILES string of the molecule is CC1(C)c2ccccc2-c2cccc(-c3cc(Nc4ccccc4)cc4c3[nH]c3cc(Nc5ccccc5)ccc34)c21. The van der Waals surface area contributed by atoms with Crippen molar-refractivity contribution in [3.63, 3.8) is 0 Å². The largest absolute Gasteiger partial charge is 0.355 e. The molecule has 1 aromatic heterocycles. The van der Waals surface area contributed by atoms with Crippen LogP contribution in [0, 0.1) is 0 Å². The summed E-state index contributed by atoms with van der Waals surface area (Å²) >= 11 is 0. The van der Waals surface area contributed by atoms with E-state index in [0.29, 0.717) is 0 Å². The van der Waals surface area contributed by atoms with Gasteiger partial charge in [-0.2, -0.15) is 0 Å². The number of benzene rings is 6. The summed E-state index contributed by atoms with van der Waals surface area (Å²) in [6.45, 7) is 4.72. The molecular formula is C39H31N3. The fraction of sp³-hybridized carbons (Fsp3) is 0.0769. The molecule has 0 bridgehead atoms. The highest BCUT2D eigenvalue weighted by Crippen LogP contribution is 2.53. The summed E-state index contributed by atoms with van der Waals surface area (Å²) in [6, 6.07) is 47.6. The quantitative estimate of drug-likeness (QED) is 0.203. The molecule has 3 N–H and O–H groups in total. The molecule has 8 rings (SSSR count). The molecule has 202 valence electrons. The first-order valence-electron chi connectivity index (χ1n) is 14.5. The fourth-order valence-corrected chi connectivity index (χ4v) is 6.82. The summed E-state index contributed by atoms with van der Waals surface area (Å²) in [4.78, 5) is 3.83.